The molecular weight excluding hydrogens is 424 g/mol. The number of nitrogens with one attached hydrogen (secondary N) is 2. The van der Waals surface area contributed by atoms with Gasteiger partial charge in [0.1, 0.15) is 16.4 Å². The van der Waals surface area contributed by atoms with Gasteiger partial charge in [-0.2, -0.15) is 0 Å². The van der Waals surface area contributed by atoms with Crippen LogP contribution in [0.15, 0.2) is 27.6 Å². The predicted molar refractivity (Wildman–Crippen MR) is 125 cm³/mol. The zero-order valence-corrected chi connectivity index (χ0v) is 19.5. The summed E-state index contributed by atoms with van der Waals surface area (Å²) >= 11 is 1.69. The number of hydrogen-bond acceptors (Lipinski definition) is 6. The molecule has 5 rings (SSSR count). The topological polar surface area (TPSA) is 91.2 Å². The van der Waals surface area contributed by atoms with Crippen molar-refractivity contribution in [3.63, 3.8) is 0 Å². The molecular formula is C24H30N4O3S. The number of furan rings is 1. The van der Waals surface area contributed by atoms with Crippen molar-refractivity contribution in [3.8, 4) is 0 Å². The van der Waals surface area contributed by atoms with Crippen molar-refractivity contribution in [2.24, 2.45) is 11.8 Å². The second-order valence-corrected chi connectivity index (χ2v) is 10.4. The zero-order valence-electron chi connectivity index (χ0n) is 18.6. The minimum absolute atomic E-state index is 0.00362. The molecule has 2 N–H and O–H groups in total. The lowest BCUT2D eigenvalue weighted by Crippen LogP contribution is -2.41. The van der Waals surface area contributed by atoms with E-state index in [0.29, 0.717) is 12.5 Å². The number of amides is 1. The number of thiophene rings is 1. The molecule has 2 unspecified atom stereocenters. The molecule has 0 radical (unpaired) electrons. The summed E-state index contributed by atoms with van der Waals surface area (Å²) in [7, 11) is 0. The number of rotatable bonds is 5. The minimum Gasteiger partial charge on any atom is -0.467 e. The Balaban J connectivity index is 1.24. The van der Waals surface area contributed by atoms with Gasteiger partial charge in [0.2, 0.25) is 5.91 Å². The van der Waals surface area contributed by atoms with Crippen LogP contribution >= 0.6 is 11.3 Å². The van der Waals surface area contributed by atoms with Gasteiger partial charge < -0.3 is 14.7 Å². The Morgan fingerprint density at radius 3 is 2.94 bits per heavy atom. The molecule has 0 bridgehead atoms. The van der Waals surface area contributed by atoms with Crippen LogP contribution in [-0.2, 0) is 24.2 Å². The number of likely N-dealkylation sites (tertiary alicyclic amines) is 1. The summed E-state index contributed by atoms with van der Waals surface area (Å²) < 4.78 is 5.28. The number of aryl methyl sites for hydroxylation is 1. The van der Waals surface area contributed by atoms with E-state index in [1.807, 2.05) is 12.1 Å². The molecule has 1 aliphatic carbocycles. The van der Waals surface area contributed by atoms with Crippen LogP contribution in [0.5, 0.6) is 0 Å². The summed E-state index contributed by atoms with van der Waals surface area (Å²) in [5.74, 6) is 2.26. The summed E-state index contributed by atoms with van der Waals surface area (Å²) in [5.41, 5.74) is 1.22. The van der Waals surface area contributed by atoms with E-state index in [-0.39, 0.29) is 23.4 Å². The Labute approximate surface area is 191 Å². The fourth-order valence-electron chi connectivity index (χ4n) is 5.02. The monoisotopic (exact) mass is 454 g/mol. The highest BCUT2D eigenvalue weighted by atomic mass is 32.1. The van der Waals surface area contributed by atoms with Crippen LogP contribution in [0.3, 0.4) is 0 Å². The van der Waals surface area contributed by atoms with Gasteiger partial charge in [0.05, 0.1) is 24.2 Å². The van der Waals surface area contributed by atoms with Crippen LogP contribution in [0.1, 0.15) is 61.2 Å². The van der Waals surface area contributed by atoms with Crippen molar-refractivity contribution >= 4 is 27.5 Å². The normalized spacial score (nSPS) is 20.9. The lowest BCUT2D eigenvalue weighted by atomic mass is 9.89. The number of fused-ring (bicyclic) bond motifs is 3. The third-order valence-electron chi connectivity index (χ3n) is 7.04. The Morgan fingerprint density at radius 1 is 1.38 bits per heavy atom. The second-order valence-electron chi connectivity index (χ2n) is 9.27. The van der Waals surface area contributed by atoms with Crippen molar-refractivity contribution in [2.75, 3.05) is 13.1 Å². The van der Waals surface area contributed by atoms with E-state index >= 15 is 0 Å². The number of H-pyrrole nitrogens is 1. The maximum atomic E-state index is 12.9. The molecule has 1 fully saturated rings. The van der Waals surface area contributed by atoms with Gasteiger partial charge in [0.15, 0.2) is 0 Å². The van der Waals surface area contributed by atoms with Crippen molar-refractivity contribution in [2.45, 2.75) is 58.5 Å². The molecule has 32 heavy (non-hydrogen) atoms. The molecule has 3 aromatic heterocycles. The summed E-state index contributed by atoms with van der Waals surface area (Å²) in [6.45, 7) is 6.41. The number of aromatic nitrogens is 2. The lowest BCUT2D eigenvalue weighted by molar-refractivity contribution is -0.126. The van der Waals surface area contributed by atoms with Crippen LogP contribution in [0, 0.1) is 11.8 Å². The number of aromatic amines is 1. The van der Waals surface area contributed by atoms with E-state index in [0.717, 1.165) is 67.0 Å². The van der Waals surface area contributed by atoms with Crippen LogP contribution in [0.2, 0.25) is 0 Å². The van der Waals surface area contributed by atoms with Crippen LogP contribution in [0.25, 0.3) is 10.2 Å². The number of carbonyl (C=O) groups excluding carboxylic acids is 1. The zero-order chi connectivity index (χ0) is 22.2. The summed E-state index contributed by atoms with van der Waals surface area (Å²) in [4.78, 5) is 38.0. The third kappa shape index (κ3) is 4.13. The number of nitrogens with zero attached hydrogens (tertiary/aromatic N) is 2. The Morgan fingerprint density at radius 2 is 2.19 bits per heavy atom. The average Bonchev–Trinajstić information content (AvgIpc) is 3.44. The van der Waals surface area contributed by atoms with Crippen molar-refractivity contribution in [1.82, 2.24) is 20.2 Å². The number of piperidine rings is 1. The molecule has 8 heteroatoms. The smallest absolute Gasteiger partial charge is 0.259 e. The van der Waals surface area contributed by atoms with E-state index in [1.165, 1.54) is 10.4 Å². The molecule has 0 saturated carbocycles. The molecule has 1 amide bonds. The van der Waals surface area contributed by atoms with Crippen molar-refractivity contribution < 1.29 is 9.21 Å². The number of hydrogen-bond donors (Lipinski definition) is 2. The fraction of sp³-hybridized carbons (Fsp3) is 0.542. The first-order chi connectivity index (χ1) is 15.5. The largest absolute Gasteiger partial charge is 0.467 e. The van der Waals surface area contributed by atoms with Crippen LogP contribution < -0.4 is 10.9 Å². The highest BCUT2D eigenvalue weighted by Gasteiger charge is 2.29. The van der Waals surface area contributed by atoms with Crippen molar-refractivity contribution in [1.29, 1.82) is 0 Å². The van der Waals surface area contributed by atoms with E-state index in [1.54, 1.807) is 17.6 Å². The van der Waals surface area contributed by atoms with E-state index in [9.17, 15) is 9.59 Å². The second kappa shape index (κ2) is 8.83. The average molecular weight is 455 g/mol. The highest BCUT2D eigenvalue weighted by Crippen LogP contribution is 2.36. The van der Waals surface area contributed by atoms with Gasteiger partial charge in [-0.3, -0.25) is 14.5 Å². The molecule has 1 saturated heterocycles. The molecule has 0 aromatic carbocycles. The van der Waals surface area contributed by atoms with Gasteiger partial charge in [0, 0.05) is 10.8 Å². The molecule has 1 aliphatic heterocycles. The Hall–Kier alpha value is -2.45. The van der Waals surface area contributed by atoms with Gasteiger partial charge in [0.25, 0.3) is 5.56 Å². The van der Waals surface area contributed by atoms with Gasteiger partial charge in [-0.1, -0.05) is 6.92 Å². The first-order valence-corrected chi connectivity index (χ1v) is 12.4. The molecule has 2 atom stereocenters. The molecule has 7 nitrogen and oxygen atoms in total. The first-order valence-electron chi connectivity index (χ1n) is 11.6. The Kier molecular flexibility index (Phi) is 5.90. The maximum Gasteiger partial charge on any atom is 0.259 e. The van der Waals surface area contributed by atoms with Gasteiger partial charge in [-0.25, -0.2) is 4.98 Å². The first kappa shape index (κ1) is 21.4. The highest BCUT2D eigenvalue weighted by molar-refractivity contribution is 7.18. The van der Waals surface area contributed by atoms with Crippen LogP contribution in [0.4, 0.5) is 0 Å². The Bertz CT molecular complexity index is 1160. The SMILES string of the molecule is CC1CCc2c(sc3nc(C(C)N4CCC(C(=O)NCc5ccco5)CC4)[nH]c(=O)c23)C1. The quantitative estimate of drug-likeness (QED) is 0.612. The standard InChI is InChI=1S/C24H30N4O3S/c1-14-5-6-18-19(12-14)32-24-20(18)23(30)26-21(27-24)15(2)28-9-7-16(8-10-28)22(29)25-13-17-4-3-11-31-17/h3-4,11,14-16H,5-10,12-13H2,1-2H3,(H,25,29)(H,26,27,30). The van der Waals surface area contributed by atoms with Gasteiger partial charge in [-0.15, -0.1) is 11.3 Å². The summed E-state index contributed by atoms with van der Waals surface area (Å²) in [6, 6.07) is 3.69. The van der Waals surface area contributed by atoms with Crippen molar-refractivity contribution in [3.05, 3.63) is 50.8 Å². The third-order valence-corrected chi connectivity index (χ3v) is 8.19. The maximum absolute atomic E-state index is 12.9. The molecule has 4 heterocycles. The molecule has 3 aromatic rings. The lowest BCUT2D eigenvalue weighted by Gasteiger charge is -2.34. The van der Waals surface area contributed by atoms with Gasteiger partial charge in [-0.05, 0) is 75.7 Å². The summed E-state index contributed by atoms with van der Waals surface area (Å²) in [6.07, 6.45) is 6.38. The summed E-state index contributed by atoms with van der Waals surface area (Å²) in [5, 5.41) is 3.78. The molecule has 0 spiro atoms. The number of carbonyl (C=O) groups is 1. The van der Waals surface area contributed by atoms with E-state index in [2.05, 4.69) is 29.0 Å². The van der Waals surface area contributed by atoms with Crippen LogP contribution in [-0.4, -0.2) is 33.9 Å². The van der Waals surface area contributed by atoms with E-state index in [4.69, 9.17) is 9.40 Å². The molecule has 170 valence electrons. The predicted octanol–water partition coefficient (Wildman–Crippen LogP) is 3.79. The van der Waals surface area contributed by atoms with E-state index < -0.39 is 0 Å². The minimum atomic E-state index is -0.00362. The van der Waals surface area contributed by atoms with Gasteiger partial charge >= 0.3 is 0 Å². The fourth-order valence-corrected chi connectivity index (χ4v) is 6.41. The molecule has 2 aliphatic rings.